The molecule has 0 spiro atoms. The van der Waals surface area contributed by atoms with E-state index >= 15 is 0 Å². The predicted octanol–water partition coefficient (Wildman–Crippen LogP) is 3.54. The van der Waals surface area contributed by atoms with Crippen LogP contribution in [-0.2, 0) is 5.54 Å². The van der Waals surface area contributed by atoms with Gasteiger partial charge in [0.2, 0.25) is 0 Å². The monoisotopic (exact) mass is 292 g/mol. The van der Waals surface area contributed by atoms with Crippen molar-refractivity contribution in [3.05, 3.63) is 12.3 Å². The molecule has 1 aliphatic rings. The van der Waals surface area contributed by atoms with E-state index in [1.54, 1.807) is 6.20 Å². The summed E-state index contributed by atoms with van der Waals surface area (Å²) >= 11 is 0. The molecule has 2 rings (SSSR count). The number of carbonyl (C=O) groups is 1. The van der Waals surface area contributed by atoms with Gasteiger partial charge in [0.05, 0.1) is 11.7 Å². The average molecular weight is 292 g/mol. The minimum Gasteiger partial charge on any atom is -0.320 e. The maximum atomic E-state index is 12.5. The van der Waals surface area contributed by atoms with Crippen molar-refractivity contribution in [3.8, 4) is 0 Å². The van der Waals surface area contributed by atoms with Crippen molar-refractivity contribution in [2.24, 2.45) is 11.3 Å². The van der Waals surface area contributed by atoms with E-state index in [1.807, 2.05) is 15.6 Å². The summed E-state index contributed by atoms with van der Waals surface area (Å²) in [5.41, 5.74) is 0.0353. The zero-order valence-electron chi connectivity index (χ0n) is 14.3. The van der Waals surface area contributed by atoms with Crippen molar-refractivity contribution >= 4 is 11.8 Å². The maximum Gasteiger partial charge on any atom is 0.323 e. The molecule has 0 radical (unpaired) electrons. The van der Waals surface area contributed by atoms with Gasteiger partial charge in [-0.1, -0.05) is 27.7 Å². The second-order valence-electron chi connectivity index (χ2n) is 8.03. The number of rotatable bonds is 2. The van der Waals surface area contributed by atoms with Gasteiger partial charge in [-0.3, -0.25) is 5.32 Å². The fourth-order valence-electron chi connectivity index (χ4n) is 3.51. The number of hydrogen-bond donors (Lipinski definition) is 1. The standard InChI is InChI=1S/C16H28N4O/c1-11(2)13-16(6,7)10-19(13)14(21)18-12-8-9-17-20(12)15(3,4)5/h8-9,11,13H,10H2,1-7H3,(H,18,21). The molecule has 21 heavy (non-hydrogen) atoms. The lowest BCUT2D eigenvalue weighted by atomic mass is 9.70. The van der Waals surface area contributed by atoms with Gasteiger partial charge < -0.3 is 4.90 Å². The Bertz CT molecular complexity index is 525. The Kier molecular flexibility index (Phi) is 3.80. The van der Waals surface area contributed by atoms with Crippen LogP contribution >= 0.6 is 0 Å². The summed E-state index contributed by atoms with van der Waals surface area (Å²) in [6.45, 7) is 15.8. The maximum absolute atomic E-state index is 12.5. The van der Waals surface area contributed by atoms with Crippen molar-refractivity contribution < 1.29 is 4.79 Å². The van der Waals surface area contributed by atoms with Crippen LogP contribution in [0.5, 0.6) is 0 Å². The first-order valence-corrected chi connectivity index (χ1v) is 7.66. The number of nitrogens with zero attached hydrogens (tertiary/aromatic N) is 3. The van der Waals surface area contributed by atoms with Crippen molar-refractivity contribution in [1.29, 1.82) is 0 Å². The number of nitrogens with one attached hydrogen (secondary N) is 1. The van der Waals surface area contributed by atoms with Crippen LogP contribution in [0.15, 0.2) is 12.3 Å². The van der Waals surface area contributed by atoms with Crippen LogP contribution in [0.25, 0.3) is 0 Å². The Morgan fingerprint density at radius 1 is 1.43 bits per heavy atom. The minimum absolute atomic E-state index is 0.0287. The Morgan fingerprint density at radius 3 is 2.52 bits per heavy atom. The molecule has 5 nitrogen and oxygen atoms in total. The molecule has 0 aliphatic carbocycles. The van der Waals surface area contributed by atoms with Gasteiger partial charge in [0, 0.05) is 24.1 Å². The minimum atomic E-state index is -0.155. The number of urea groups is 1. The summed E-state index contributed by atoms with van der Waals surface area (Å²) in [7, 11) is 0. The predicted molar refractivity (Wildman–Crippen MR) is 85.4 cm³/mol. The molecule has 1 aliphatic heterocycles. The number of likely N-dealkylation sites (tertiary alicyclic amines) is 1. The van der Waals surface area contributed by atoms with Gasteiger partial charge in [0.15, 0.2) is 0 Å². The van der Waals surface area contributed by atoms with E-state index in [0.717, 1.165) is 12.4 Å². The van der Waals surface area contributed by atoms with Crippen LogP contribution < -0.4 is 5.32 Å². The number of carbonyl (C=O) groups excluding carboxylic acids is 1. The molecule has 0 saturated carbocycles. The Hall–Kier alpha value is -1.52. The Balaban J connectivity index is 2.12. The highest BCUT2D eigenvalue weighted by atomic mass is 16.2. The van der Waals surface area contributed by atoms with Gasteiger partial charge in [-0.05, 0) is 26.7 Å². The average Bonchev–Trinajstić information content (AvgIpc) is 2.72. The SMILES string of the molecule is CC(C)C1N(C(=O)Nc2ccnn2C(C)(C)C)CC1(C)C. The van der Waals surface area contributed by atoms with E-state index in [4.69, 9.17) is 0 Å². The highest BCUT2D eigenvalue weighted by molar-refractivity contribution is 5.89. The first-order valence-electron chi connectivity index (χ1n) is 7.66. The fourth-order valence-corrected chi connectivity index (χ4v) is 3.51. The molecule has 0 aromatic carbocycles. The molecule has 0 bridgehead atoms. The van der Waals surface area contributed by atoms with Gasteiger partial charge in [0.25, 0.3) is 0 Å². The van der Waals surface area contributed by atoms with Gasteiger partial charge in [-0.2, -0.15) is 5.10 Å². The molecule has 1 atom stereocenters. The fraction of sp³-hybridized carbons (Fsp3) is 0.750. The van der Waals surface area contributed by atoms with Crippen LogP contribution in [0, 0.1) is 11.3 Å². The van der Waals surface area contributed by atoms with Crippen molar-refractivity contribution in [2.45, 2.75) is 60.0 Å². The lowest BCUT2D eigenvalue weighted by Crippen LogP contribution is -2.66. The number of aromatic nitrogens is 2. The first kappa shape index (κ1) is 15.9. The molecule has 1 unspecified atom stereocenters. The highest BCUT2D eigenvalue weighted by Gasteiger charge is 2.49. The summed E-state index contributed by atoms with van der Waals surface area (Å²) in [5.74, 6) is 1.20. The highest BCUT2D eigenvalue weighted by Crippen LogP contribution is 2.41. The third kappa shape index (κ3) is 2.92. The first-order chi connectivity index (χ1) is 9.54. The summed E-state index contributed by atoms with van der Waals surface area (Å²) < 4.78 is 1.85. The summed E-state index contributed by atoms with van der Waals surface area (Å²) in [6.07, 6.45) is 1.72. The van der Waals surface area contributed by atoms with Crippen molar-refractivity contribution in [2.75, 3.05) is 11.9 Å². The van der Waals surface area contributed by atoms with Crippen LogP contribution in [0.3, 0.4) is 0 Å². The second-order valence-corrected chi connectivity index (χ2v) is 8.03. The van der Waals surface area contributed by atoms with Gasteiger partial charge in [-0.25, -0.2) is 9.48 Å². The van der Waals surface area contributed by atoms with Gasteiger partial charge >= 0.3 is 6.03 Å². The Morgan fingerprint density at radius 2 is 2.05 bits per heavy atom. The van der Waals surface area contributed by atoms with E-state index in [9.17, 15) is 4.79 Å². The number of amides is 2. The normalized spacial score (nSPS) is 21.3. The lowest BCUT2D eigenvalue weighted by Gasteiger charge is -2.56. The summed E-state index contributed by atoms with van der Waals surface area (Å²) in [6, 6.07) is 2.10. The van der Waals surface area contributed by atoms with E-state index in [2.05, 4.69) is 58.9 Å². The second kappa shape index (κ2) is 5.04. The molecule has 5 heteroatoms. The van der Waals surface area contributed by atoms with Crippen molar-refractivity contribution in [3.63, 3.8) is 0 Å². The smallest absolute Gasteiger partial charge is 0.320 e. The summed E-state index contributed by atoms with van der Waals surface area (Å²) in [5, 5.41) is 7.32. The van der Waals surface area contributed by atoms with Crippen LogP contribution in [0.4, 0.5) is 10.6 Å². The molecule has 118 valence electrons. The summed E-state index contributed by atoms with van der Waals surface area (Å²) in [4.78, 5) is 14.5. The molecule has 1 N–H and O–H groups in total. The molecular formula is C16H28N4O. The zero-order chi connectivity index (χ0) is 16.0. The number of anilines is 1. The topological polar surface area (TPSA) is 50.2 Å². The number of hydrogen-bond acceptors (Lipinski definition) is 2. The van der Waals surface area contributed by atoms with Gasteiger partial charge in [-0.15, -0.1) is 0 Å². The van der Waals surface area contributed by atoms with E-state index in [0.29, 0.717) is 5.92 Å². The van der Waals surface area contributed by atoms with E-state index < -0.39 is 0 Å². The van der Waals surface area contributed by atoms with Gasteiger partial charge in [0.1, 0.15) is 5.82 Å². The molecule has 1 saturated heterocycles. The largest absolute Gasteiger partial charge is 0.323 e. The van der Waals surface area contributed by atoms with Crippen LogP contribution in [0.1, 0.15) is 48.5 Å². The quantitative estimate of drug-likeness (QED) is 0.906. The molecule has 2 heterocycles. The molecular weight excluding hydrogens is 264 g/mol. The molecule has 1 fully saturated rings. The van der Waals surface area contributed by atoms with Crippen LogP contribution in [0.2, 0.25) is 0 Å². The van der Waals surface area contributed by atoms with Crippen LogP contribution in [-0.4, -0.2) is 33.3 Å². The third-order valence-electron chi connectivity index (χ3n) is 4.12. The zero-order valence-corrected chi connectivity index (χ0v) is 14.3. The molecule has 2 amide bonds. The van der Waals surface area contributed by atoms with E-state index in [-0.39, 0.29) is 23.0 Å². The van der Waals surface area contributed by atoms with Crippen molar-refractivity contribution in [1.82, 2.24) is 14.7 Å². The lowest BCUT2D eigenvalue weighted by molar-refractivity contribution is -0.0363. The Labute approximate surface area is 127 Å². The molecule has 1 aromatic rings. The molecule has 1 aromatic heterocycles. The third-order valence-corrected chi connectivity index (χ3v) is 4.12. The van der Waals surface area contributed by atoms with E-state index in [1.165, 1.54) is 0 Å².